The van der Waals surface area contributed by atoms with Crippen molar-refractivity contribution in [2.75, 3.05) is 0 Å². The van der Waals surface area contributed by atoms with E-state index < -0.39 is 5.60 Å². The second kappa shape index (κ2) is 3.27. The molecule has 2 aromatic rings. The molecule has 1 heterocycles. The molecule has 1 unspecified atom stereocenters. The van der Waals surface area contributed by atoms with Gasteiger partial charge in [-0.25, -0.2) is 0 Å². The molecule has 3 heteroatoms. The summed E-state index contributed by atoms with van der Waals surface area (Å²) < 4.78 is 5.75. The first-order chi connectivity index (χ1) is 7.92. The molecule has 1 aromatic heterocycles. The van der Waals surface area contributed by atoms with Gasteiger partial charge in [-0.05, 0) is 44.0 Å². The number of benzene rings is 1. The van der Waals surface area contributed by atoms with Crippen molar-refractivity contribution < 1.29 is 9.52 Å². The van der Waals surface area contributed by atoms with E-state index in [9.17, 15) is 5.11 Å². The summed E-state index contributed by atoms with van der Waals surface area (Å²) in [4.78, 5) is 0. The first-order valence-corrected chi connectivity index (χ1v) is 6.22. The van der Waals surface area contributed by atoms with Gasteiger partial charge in [-0.1, -0.05) is 18.5 Å². The van der Waals surface area contributed by atoms with Crippen LogP contribution in [-0.4, -0.2) is 5.11 Å². The normalized spacial score (nSPS) is 21.4. The summed E-state index contributed by atoms with van der Waals surface area (Å²) in [5, 5.41) is 12.3. The van der Waals surface area contributed by atoms with Crippen molar-refractivity contribution >= 4 is 22.6 Å². The van der Waals surface area contributed by atoms with Gasteiger partial charge < -0.3 is 9.52 Å². The largest absolute Gasteiger partial charge is 0.458 e. The quantitative estimate of drug-likeness (QED) is 0.871. The lowest BCUT2D eigenvalue weighted by Crippen LogP contribution is -2.30. The van der Waals surface area contributed by atoms with Gasteiger partial charge in [-0.3, -0.25) is 0 Å². The molecule has 3 rings (SSSR count). The molecule has 1 N–H and O–H groups in total. The van der Waals surface area contributed by atoms with Gasteiger partial charge in [0, 0.05) is 15.8 Å². The molecule has 0 aliphatic heterocycles. The van der Waals surface area contributed by atoms with Gasteiger partial charge in [0.1, 0.15) is 16.9 Å². The van der Waals surface area contributed by atoms with Crippen LogP contribution in [0, 0.1) is 5.41 Å². The van der Waals surface area contributed by atoms with E-state index in [0.717, 1.165) is 23.8 Å². The zero-order valence-electron chi connectivity index (χ0n) is 9.96. The van der Waals surface area contributed by atoms with E-state index in [1.54, 1.807) is 6.07 Å². The average Bonchev–Trinajstić information content (AvgIpc) is 2.89. The Bertz CT molecular complexity index is 579. The minimum absolute atomic E-state index is 0.0509. The van der Waals surface area contributed by atoms with Crippen LogP contribution >= 0.6 is 11.6 Å². The third kappa shape index (κ3) is 1.59. The Balaban J connectivity index is 2.12. The van der Waals surface area contributed by atoms with Gasteiger partial charge in [-0.15, -0.1) is 0 Å². The predicted molar refractivity (Wildman–Crippen MR) is 68.1 cm³/mol. The van der Waals surface area contributed by atoms with Gasteiger partial charge in [0.25, 0.3) is 0 Å². The van der Waals surface area contributed by atoms with Crippen LogP contribution in [0.3, 0.4) is 0 Å². The summed E-state index contributed by atoms with van der Waals surface area (Å²) in [6.45, 7) is 3.92. The van der Waals surface area contributed by atoms with Crippen LogP contribution in [0.5, 0.6) is 0 Å². The highest BCUT2D eigenvalue weighted by atomic mass is 35.5. The monoisotopic (exact) mass is 250 g/mol. The lowest BCUT2D eigenvalue weighted by atomic mass is 9.85. The van der Waals surface area contributed by atoms with Crippen molar-refractivity contribution in [2.45, 2.75) is 32.3 Å². The average molecular weight is 251 g/mol. The van der Waals surface area contributed by atoms with Crippen LogP contribution in [0.1, 0.15) is 32.4 Å². The predicted octanol–water partition coefficient (Wildman–Crippen LogP) is 4.09. The summed E-state index contributed by atoms with van der Waals surface area (Å²) in [6, 6.07) is 7.39. The van der Waals surface area contributed by atoms with Crippen LogP contribution in [0.4, 0.5) is 0 Å². The van der Waals surface area contributed by atoms with Crippen molar-refractivity contribution in [3.63, 3.8) is 0 Å². The Morgan fingerprint density at radius 3 is 2.71 bits per heavy atom. The molecule has 1 fully saturated rings. The first-order valence-electron chi connectivity index (χ1n) is 5.84. The topological polar surface area (TPSA) is 33.4 Å². The molecule has 1 aromatic carbocycles. The fraction of sp³-hybridized carbons (Fsp3) is 0.429. The lowest BCUT2D eigenvalue weighted by molar-refractivity contribution is -0.0304. The zero-order valence-corrected chi connectivity index (χ0v) is 10.7. The van der Waals surface area contributed by atoms with Gasteiger partial charge >= 0.3 is 0 Å². The molecule has 1 aliphatic carbocycles. The molecule has 17 heavy (non-hydrogen) atoms. The maximum Gasteiger partial charge on any atom is 0.137 e. The third-order valence-electron chi connectivity index (χ3n) is 4.13. The molecular formula is C14H15ClO2. The Labute approximate surface area is 105 Å². The van der Waals surface area contributed by atoms with E-state index in [2.05, 4.69) is 6.92 Å². The molecule has 1 aliphatic rings. The molecule has 0 bridgehead atoms. The molecule has 0 radical (unpaired) electrons. The van der Waals surface area contributed by atoms with Crippen LogP contribution in [-0.2, 0) is 5.60 Å². The molecule has 0 spiro atoms. The number of furan rings is 1. The van der Waals surface area contributed by atoms with Crippen molar-refractivity contribution in [1.82, 2.24) is 0 Å². The maximum atomic E-state index is 10.6. The molecule has 90 valence electrons. The zero-order chi connectivity index (χ0) is 12.3. The standard InChI is InChI=1S/C14H15ClO2/c1-13(5-6-13)14(2,16)12-8-9-7-10(15)3-4-11(9)17-12/h3-4,7-8,16H,5-6H2,1-2H3. The summed E-state index contributed by atoms with van der Waals surface area (Å²) in [7, 11) is 0. The van der Waals surface area contributed by atoms with Crippen molar-refractivity contribution in [3.05, 3.63) is 35.0 Å². The molecule has 1 saturated carbocycles. The highest BCUT2D eigenvalue weighted by Crippen LogP contribution is 2.58. The molecular weight excluding hydrogens is 236 g/mol. The Kier molecular flexibility index (Phi) is 2.14. The van der Waals surface area contributed by atoms with E-state index >= 15 is 0 Å². The molecule has 1 atom stereocenters. The van der Waals surface area contributed by atoms with Gasteiger partial charge in [0.15, 0.2) is 0 Å². The second-order valence-corrected chi connectivity index (χ2v) is 5.86. The number of hydrogen-bond acceptors (Lipinski definition) is 2. The second-order valence-electron chi connectivity index (χ2n) is 5.43. The maximum absolute atomic E-state index is 10.6. The fourth-order valence-electron chi connectivity index (χ4n) is 2.23. The van der Waals surface area contributed by atoms with Crippen LogP contribution < -0.4 is 0 Å². The minimum atomic E-state index is -0.904. The number of halogens is 1. The van der Waals surface area contributed by atoms with E-state index in [1.807, 2.05) is 25.1 Å². The smallest absolute Gasteiger partial charge is 0.137 e. The Hall–Kier alpha value is -0.990. The number of hydrogen-bond donors (Lipinski definition) is 1. The SMILES string of the molecule is CC1(C(C)(O)c2cc3cc(Cl)ccc3o2)CC1. The van der Waals surface area contributed by atoms with E-state index in [1.165, 1.54) is 0 Å². The summed E-state index contributed by atoms with van der Waals surface area (Å²) in [5.41, 5.74) is -0.183. The molecule has 0 amide bonds. The van der Waals surface area contributed by atoms with Crippen LogP contribution in [0.15, 0.2) is 28.7 Å². The third-order valence-corrected chi connectivity index (χ3v) is 4.37. The number of rotatable bonds is 2. The van der Waals surface area contributed by atoms with E-state index in [-0.39, 0.29) is 5.41 Å². The van der Waals surface area contributed by atoms with Gasteiger partial charge in [-0.2, -0.15) is 0 Å². The van der Waals surface area contributed by atoms with Gasteiger partial charge in [0.2, 0.25) is 0 Å². The first kappa shape index (κ1) is 11.1. The van der Waals surface area contributed by atoms with Crippen LogP contribution in [0.2, 0.25) is 5.02 Å². The number of aliphatic hydroxyl groups is 1. The van der Waals surface area contributed by atoms with E-state index in [4.69, 9.17) is 16.0 Å². The minimum Gasteiger partial charge on any atom is -0.458 e. The summed E-state index contributed by atoms with van der Waals surface area (Å²) in [5.74, 6) is 0.634. The van der Waals surface area contributed by atoms with Crippen molar-refractivity contribution in [1.29, 1.82) is 0 Å². The lowest BCUT2D eigenvalue weighted by Gasteiger charge is -2.27. The Morgan fingerprint density at radius 2 is 2.06 bits per heavy atom. The number of fused-ring (bicyclic) bond motifs is 1. The molecule has 2 nitrogen and oxygen atoms in total. The van der Waals surface area contributed by atoms with Crippen molar-refractivity contribution in [2.24, 2.45) is 5.41 Å². The fourth-order valence-corrected chi connectivity index (χ4v) is 2.41. The summed E-state index contributed by atoms with van der Waals surface area (Å²) in [6.07, 6.45) is 2.08. The molecule has 0 saturated heterocycles. The van der Waals surface area contributed by atoms with E-state index in [0.29, 0.717) is 10.8 Å². The highest BCUT2D eigenvalue weighted by molar-refractivity contribution is 6.31. The highest BCUT2D eigenvalue weighted by Gasteiger charge is 2.54. The van der Waals surface area contributed by atoms with Crippen molar-refractivity contribution in [3.8, 4) is 0 Å². The van der Waals surface area contributed by atoms with Gasteiger partial charge in [0.05, 0.1) is 0 Å². The van der Waals surface area contributed by atoms with Crippen LogP contribution in [0.25, 0.3) is 11.0 Å². The summed E-state index contributed by atoms with van der Waals surface area (Å²) >= 11 is 5.94. The Morgan fingerprint density at radius 1 is 1.35 bits per heavy atom.